The van der Waals surface area contributed by atoms with Crippen LogP contribution in [0.4, 0.5) is 13.2 Å². The molecule has 1 atom stereocenters. The lowest BCUT2D eigenvalue weighted by atomic mass is 9.75. The van der Waals surface area contributed by atoms with Crippen molar-refractivity contribution >= 4 is 5.97 Å². The summed E-state index contributed by atoms with van der Waals surface area (Å²) >= 11 is 0. The summed E-state index contributed by atoms with van der Waals surface area (Å²) in [5.74, 6) is -2.12. The molecule has 0 fully saturated rings. The van der Waals surface area contributed by atoms with Gasteiger partial charge < -0.3 is 4.74 Å². The van der Waals surface area contributed by atoms with Gasteiger partial charge in [-0.15, -0.1) is 0 Å². The molecular formula is C13H17F3N2O2. The van der Waals surface area contributed by atoms with Gasteiger partial charge in [0.25, 0.3) is 0 Å². The molecule has 0 aromatic heterocycles. The van der Waals surface area contributed by atoms with Crippen LogP contribution in [0.25, 0.3) is 0 Å². The van der Waals surface area contributed by atoms with Crippen LogP contribution in [-0.4, -0.2) is 17.7 Å². The smallest absolute Gasteiger partial charge is 0.389 e. The Balaban J connectivity index is 5.14. The lowest BCUT2D eigenvalue weighted by Crippen LogP contribution is -2.37. The van der Waals surface area contributed by atoms with E-state index in [9.17, 15) is 18.0 Å². The quantitative estimate of drug-likeness (QED) is 0.744. The van der Waals surface area contributed by atoms with Crippen molar-refractivity contribution in [2.24, 2.45) is 11.3 Å². The Morgan fingerprint density at radius 3 is 1.90 bits per heavy atom. The van der Waals surface area contributed by atoms with Crippen LogP contribution < -0.4 is 0 Å². The van der Waals surface area contributed by atoms with Crippen LogP contribution in [-0.2, 0) is 9.53 Å². The number of nitriles is 2. The number of hydrogen-bond donors (Lipinski definition) is 0. The lowest BCUT2D eigenvalue weighted by molar-refractivity contribution is -0.164. The SMILES string of the molecule is CC(C(=O)OC(C)(C)C)C(C#N)(C#N)CCC(F)(F)F. The fourth-order valence-corrected chi connectivity index (χ4v) is 1.48. The normalized spacial score (nSPS) is 14.1. The molecule has 0 bridgehead atoms. The molecule has 0 aliphatic heterocycles. The van der Waals surface area contributed by atoms with Gasteiger partial charge in [-0.05, 0) is 34.1 Å². The first-order valence-corrected chi connectivity index (χ1v) is 5.99. The molecule has 0 rings (SSSR count). The number of halogens is 3. The molecule has 1 unspecified atom stereocenters. The Kier molecular flexibility index (Phi) is 5.59. The van der Waals surface area contributed by atoms with Crippen LogP contribution in [0.1, 0.15) is 40.5 Å². The van der Waals surface area contributed by atoms with E-state index in [1.54, 1.807) is 32.9 Å². The van der Waals surface area contributed by atoms with Gasteiger partial charge in [0.05, 0.1) is 18.1 Å². The number of carbonyl (C=O) groups is 1. The molecule has 112 valence electrons. The van der Waals surface area contributed by atoms with E-state index < -0.39 is 41.9 Å². The molecule has 0 amide bonds. The summed E-state index contributed by atoms with van der Waals surface area (Å²) in [5, 5.41) is 18.1. The van der Waals surface area contributed by atoms with Crippen molar-refractivity contribution in [3.63, 3.8) is 0 Å². The predicted molar refractivity (Wildman–Crippen MR) is 64.0 cm³/mol. The molecule has 0 heterocycles. The number of rotatable bonds is 4. The highest BCUT2D eigenvalue weighted by atomic mass is 19.4. The van der Waals surface area contributed by atoms with Gasteiger partial charge in [-0.2, -0.15) is 23.7 Å². The van der Waals surface area contributed by atoms with E-state index in [0.717, 1.165) is 0 Å². The zero-order valence-corrected chi connectivity index (χ0v) is 11.8. The van der Waals surface area contributed by atoms with E-state index in [1.165, 1.54) is 6.92 Å². The monoisotopic (exact) mass is 290 g/mol. The summed E-state index contributed by atoms with van der Waals surface area (Å²) in [6, 6.07) is 3.08. The van der Waals surface area contributed by atoms with E-state index in [2.05, 4.69) is 0 Å². The first kappa shape index (κ1) is 18.2. The first-order chi connectivity index (χ1) is 8.87. The van der Waals surface area contributed by atoms with Crippen LogP contribution in [0, 0.1) is 34.0 Å². The van der Waals surface area contributed by atoms with E-state index in [4.69, 9.17) is 15.3 Å². The standard InChI is InChI=1S/C13H17F3N2O2/c1-9(10(19)20-11(2,3)4)12(7-17,8-18)5-6-13(14,15)16/h9H,5-6H2,1-4H3. The molecule has 4 nitrogen and oxygen atoms in total. The lowest BCUT2D eigenvalue weighted by Gasteiger charge is -2.28. The fraction of sp³-hybridized carbons (Fsp3) is 0.769. The summed E-state index contributed by atoms with van der Waals surface area (Å²) in [6.07, 6.45) is -6.56. The molecule has 0 saturated carbocycles. The van der Waals surface area contributed by atoms with E-state index in [-0.39, 0.29) is 0 Å². The number of carbonyl (C=O) groups excluding carboxylic acids is 1. The van der Waals surface area contributed by atoms with Crippen molar-refractivity contribution in [1.82, 2.24) is 0 Å². The van der Waals surface area contributed by atoms with Gasteiger partial charge in [-0.25, -0.2) is 0 Å². The molecule has 0 aliphatic rings. The minimum Gasteiger partial charge on any atom is -0.460 e. The second-order valence-electron chi connectivity index (χ2n) is 5.57. The van der Waals surface area contributed by atoms with Gasteiger partial charge in [0.2, 0.25) is 0 Å². The highest BCUT2D eigenvalue weighted by Gasteiger charge is 2.45. The van der Waals surface area contributed by atoms with Crippen molar-refractivity contribution in [3.8, 4) is 12.1 Å². The van der Waals surface area contributed by atoms with Crippen molar-refractivity contribution < 1.29 is 22.7 Å². The first-order valence-electron chi connectivity index (χ1n) is 5.99. The predicted octanol–water partition coefficient (Wildman–Crippen LogP) is 3.34. The molecule has 0 aromatic carbocycles. The summed E-state index contributed by atoms with van der Waals surface area (Å²) in [7, 11) is 0. The minimum atomic E-state index is -4.49. The third kappa shape index (κ3) is 5.48. The maximum atomic E-state index is 12.3. The molecule has 0 radical (unpaired) electrons. The molecule has 0 saturated heterocycles. The van der Waals surface area contributed by atoms with E-state index in [0.29, 0.717) is 0 Å². The topological polar surface area (TPSA) is 73.9 Å². The van der Waals surface area contributed by atoms with Crippen molar-refractivity contribution in [2.75, 3.05) is 0 Å². The van der Waals surface area contributed by atoms with Crippen LogP contribution in [0.15, 0.2) is 0 Å². The van der Waals surface area contributed by atoms with Crippen molar-refractivity contribution in [3.05, 3.63) is 0 Å². The molecule has 20 heavy (non-hydrogen) atoms. The summed E-state index contributed by atoms with van der Waals surface area (Å²) in [6.45, 7) is 6.01. The second kappa shape index (κ2) is 6.13. The number of nitrogens with zero attached hydrogens (tertiary/aromatic N) is 2. The highest BCUT2D eigenvalue weighted by Crippen LogP contribution is 2.37. The molecule has 0 spiro atoms. The minimum absolute atomic E-state index is 0.760. The van der Waals surface area contributed by atoms with Gasteiger partial charge >= 0.3 is 12.1 Å². The van der Waals surface area contributed by atoms with Gasteiger partial charge in [-0.1, -0.05) is 0 Å². The molecule has 7 heteroatoms. The zero-order chi connectivity index (χ0) is 16.2. The summed E-state index contributed by atoms with van der Waals surface area (Å²) in [5.41, 5.74) is -2.89. The Morgan fingerprint density at radius 2 is 1.60 bits per heavy atom. The molecule has 0 N–H and O–H groups in total. The number of esters is 1. The summed E-state index contributed by atoms with van der Waals surface area (Å²) in [4.78, 5) is 11.8. The molecular weight excluding hydrogens is 273 g/mol. The maximum absolute atomic E-state index is 12.3. The Bertz CT molecular complexity index is 424. The van der Waals surface area contributed by atoms with E-state index >= 15 is 0 Å². The number of ether oxygens (including phenoxy) is 1. The van der Waals surface area contributed by atoms with Crippen LogP contribution >= 0.6 is 0 Å². The van der Waals surface area contributed by atoms with Crippen LogP contribution in [0.5, 0.6) is 0 Å². The van der Waals surface area contributed by atoms with Gasteiger partial charge in [0.1, 0.15) is 5.60 Å². The van der Waals surface area contributed by atoms with Crippen LogP contribution in [0.3, 0.4) is 0 Å². The molecule has 0 aromatic rings. The van der Waals surface area contributed by atoms with E-state index in [1.807, 2.05) is 0 Å². The highest BCUT2D eigenvalue weighted by molar-refractivity contribution is 5.74. The van der Waals surface area contributed by atoms with Gasteiger partial charge in [0, 0.05) is 6.42 Å². The Labute approximate surface area is 116 Å². The van der Waals surface area contributed by atoms with Crippen LogP contribution in [0.2, 0.25) is 0 Å². The zero-order valence-electron chi connectivity index (χ0n) is 11.8. The average molecular weight is 290 g/mol. The van der Waals surface area contributed by atoms with Gasteiger partial charge in [-0.3, -0.25) is 4.79 Å². The Hall–Kier alpha value is -1.76. The Morgan fingerprint density at radius 1 is 1.15 bits per heavy atom. The number of hydrogen-bond acceptors (Lipinski definition) is 4. The molecule has 0 aliphatic carbocycles. The summed E-state index contributed by atoms with van der Waals surface area (Å²) < 4.78 is 41.8. The maximum Gasteiger partial charge on any atom is 0.389 e. The fourth-order valence-electron chi connectivity index (χ4n) is 1.48. The third-order valence-electron chi connectivity index (χ3n) is 2.70. The van der Waals surface area contributed by atoms with Crippen molar-refractivity contribution in [1.29, 1.82) is 10.5 Å². The average Bonchev–Trinajstić information content (AvgIpc) is 2.27. The largest absolute Gasteiger partial charge is 0.460 e. The third-order valence-corrected chi connectivity index (χ3v) is 2.70. The number of alkyl halides is 3. The van der Waals surface area contributed by atoms with Gasteiger partial charge in [0.15, 0.2) is 5.41 Å². The van der Waals surface area contributed by atoms with Crippen molar-refractivity contribution in [2.45, 2.75) is 52.3 Å². The second-order valence-corrected chi connectivity index (χ2v) is 5.57.